The second kappa shape index (κ2) is 4.87. The standard InChI is InChI=1S/C16H22N2O/c1-3-15-14-7-4-11(2)10-12(14)8-9-18(15)16(19)17-13-5-6-13/h4,7,10,13,15H,3,5-6,8-9H2,1-2H3,(H,17,19). The molecule has 2 aliphatic rings. The number of hydrogen-bond acceptors (Lipinski definition) is 1. The number of urea groups is 1. The van der Waals surface area contributed by atoms with Crippen LogP contribution >= 0.6 is 0 Å². The van der Waals surface area contributed by atoms with E-state index in [1.165, 1.54) is 16.7 Å². The lowest BCUT2D eigenvalue weighted by molar-refractivity contribution is 0.166. The minimum Gasteiger partial charge on any atom is -0.335 e. The van der Waals surface area contributed by atoms with Crippen molar-refractivity contribution in [3.8, 4) is 0 Å². The molecule has 1 fully saturated rings. The highest BCUT2D eigenvalue weighted by Gasteiger charge is 2.32. The molecular weight excluding hydrogens is 236 g/mol. The number of benzene rings is 1. The molecule has 0 radical (unpaired) electrons. The molecule has 3 rings (SSSR count). The van der Waals surface area contributed by atoms with Gasteiger partial charge in [0.15, 0.2) is 0 Å². The summed E-state index contributed by atoms with van der Waals surface area (Å²) in [5, 5.41) is 3.12. The summed E-state index contributed by atoms with van der Waals surface area (Å²) in [6.45, 7) is 5.14. The van der Waals surface area contributed by atoms with Gasteiger partial charge in [-0.05, 0) is 43.7 Å². The Bertz CT molecular complexity index is 494. The zero-order valence-corrected chi connectivity index (χ0v) is 11.8. The fourth-order valence-corrected chi connectivity index (χ4v) is 3.01. The Morgan fingerprint density at radius 2 is 2.21 bits per heavy atom. The largest absolute Gasteiger partial charge is 0.335 e. The van der Waals surface area contributed by atoms with Crippen LogP contribution in [0.3, 0.4) is 0 Å². The lowest BCUT2D eigenvalue weighted by atomic mass is 9.90. The molecule has 2 amide bonds. The van der Waals surface area contributed by atoms with Crippen LogP contribution in [0.25, 0.3) is 0 Å². The van der Waals surface area contributed by atoms with Crippen LogP contribution in [0.4, 0.5) is 4.79 Å². The summed E-state index contributed by atoms with van der Waals surface area (Å²) < 4.78 is 0. The van der Waals surface area contributed by atoms with Crippen molar-refractivity contribution in [1.29, 1.82) is 0 Å². The van der Waals surface area contributed by atoms with E-state index in [0.717, 1.165) is 32.2 Å². The van der Waals surface area contributed by atoms with Crippen molar-refractivity contribution < 1.29 is 4.79 Å². The van der Waals surface area contributed by atoms with Gasteiger partial charge >= 0.3 is 6.03 Å². The van der Waals surface area contributed by atoms with E-state index in [1.54, 1.807) is 0 Å². The highest BCUT2D eigenvalue weighted by atomic mass is 16.2. The minimum atomic E-state index is 0.126. The number of fused-ring (bicyclic) bond motifs is 1. The molecule has 1 aromatic rings. The molecule has 3 heteroatoms. The molecule has 1 saturated carbocycles. The predicted molar refractivity (Wildman–Crippen MR) is 76.2 cm³/mol. The fourth-order valence-electron chi connectivity index (χ4n) is 3.01. The maximum Gasteiger partial charge on any atom is 0.318 e. The van der Waals surface area contributed by atoms with Gasteiger partial charge in [-0.15, -0.1) is 0 Å². The molecule has 1 atom stereocenters. The number of nitrogens with one attached hydrogen (secondary N) is 1. The predicted octanol–water partition coefficient (Wildman–Crippen LogP) is 3.18. The Labute approximate surface area is 115 Å². The topological polar surface area (TPSA) is 32.3 Å². The third-order valence-electron chi connectivity index (χ3n) is 4.21. The third kappa shape index (κ3) is 2.46. The maximum absolute atomic E-state index is 12.3. The van der Waals surface area contributed by atoms with Gasteiger partial charge in [0, 0.05) is 12.6 Å². The molecule has 0 saturated heterocycles. The summed E-state index contributed by atoms with van der Waals surface area (Å²) in [6, 6.07) is 7.43. The second-order valence-corrected chi connectivity index (χ2v) is 5.79. The van der Waals surface area contributed by atoms with Gasteiger partial charge in [-0.1, -0.05) is 30.7 Å². The number of nitrogens with zero attached hydrogens (tertiary/aromatic N) is 1. The van der Waals surface area contributed by atoms with Crippen LogP contribution in [-0.2, 0) is 6.42 Å². The highest BCUT2D eigenvalue weighted by molar-refractivity contribution is 5.76. The van der Waals surface area contributed by atoms with Gasteiger partial charge in [0.1, 0.15) is 0 Å². The summed E-state index contributed by atoms with van der Waals surface area (Å²) in [7, 11) is 0. The fraction of sp³-hybridized carbons (Fsp3) is 0.562. The van der Waals surface area contributed by atoms with Crippen LogP contribution in [0.5, 0.6) is 0 Å². The first-order valence-corrected chi connectivity index (χ1v) is 7.35. The Morgan fingerprint density at radius 3 is 2.89 bits per heavy atom. The maximum atomic E-state index is 12.3. The molecule has 0 aromatic heterocycles. The minimum absolute atomic E-state index is 0.126. The van der Waals surface area contributed by atoms with E-state index >= 15 is 0 Å². The zero-order valence-electron chi connectivity index (χ0n) is 11.8. The molecule has 3 nitrogen and oxygen atoms in total. The lowest BCUT2D eigenvalue weighted by Gasteiger charge is -2.37. The van der Waals surface area contributed by atoms with E-state index in [1.807, 2.05) is 4.90 Å². The molecule has 19 heavy (non-hydrogen) atoms. The lowest BCUT2D eigenvalue weighted by Crippen LogP contribution is -2.46. The van der Waals surface area contributed by atoms with E-state index in [9.17, 15) is 4.79 Å². The van der Waals surface area contributed by atoms with Crippen LogP contribution in [0.2, 0.25) is 0 Å². The zero-order chi connectivity index (χ0) is 13.4. The number of aryl methyl sites for hydroxylation is 1. The molecule has 1 unspecified atom stereocenters. The number of rotatable bonds is 2. The molecule has 102 valence electrons. The van der Waals surface area contributed by atoms with Crippen molar-refractivity contribution >= 4 is 6.03 Å². The van der Waals surface area contributed by atoms with E-state index in [2.05, 4.69) is 37.4 Å². The first-order chi connectivity index (χ1) is 9.19. The summed E-state index contributed by atoms with van der Waals surface area (Å²) in [4.78, 5) is 14.3. The van der Waals surface area contributed by atoms with Gasteiger partial charge in [-0.2, -0.15) is 0 Å². The van der Waals surface area contributed by atoms with Gasteiger partial charge in [0.25, 0.3) is 0 Å². The SMILES string of the molecule is CCC1c2ccc(C)cc2CCN1C(=O)NC1CC1. The Hall–Kier alpha value is -1.51. The second-order valence-electron chi connectivity index (χ2n) is 5.79. The molecule has 1 aromatic carbocycles. The quantitative estimate of drug-likeness (QED) is 0.868. The van der Waals surface area contributed by atoms with E-state index in [0.29, 0.717) is 6.04 Å². The number of amides is 2. The van der Waals surface area contributed by atoms with Crippen molar-refractivity contribution in [3.63, 3.8) is 0 Å². The normalized spacial score (nSPS) is 22.0. The highest BCUT2D eigenvalue weighted by Crippen LogP contribution is 2.33. The Kier molecular flexibility index (Phi) is 3.21. The summed E-state index contributed by atoms with van der Waals surface area (Å²) in [5.41, 5.74) is 4.07. The van der Waals surface area contributed by atoms with Crippen LogP contribution in [0, 0.1) is 6.92 Å². The van der Waals surface area contributed by atoms with Crippen molar-refractivity contribution in [3.05, 3.63) is 34.9 Å². The van der Waals surface area contributed by atoms with Crippen LogP contribution in [0.15, 0.2) is 18.2 Å². The monoisotopic (exact) mass is 258 g/mol. The Morgan fingerprint density at radius 1 is 1.42 bits per heavy atom. The molecule has 1 aliphatic carbocycles. The van der Waals surface area contributed by atoms with Crippen molar-refractivity contribution in [2.24, 2.45) is 0 Å². The molecule has 0 spiro atoms. The van der Waals surface area contributed by atoms with Gasteiger partial charge in [0.2, 0.25) is 0 Å². The van der Waals surface area contributed by atoms with Gasteiger partial charge in [-0.25, -0.2) is 4.79 Å². The molecular formula is C16H22N2O. The smallest absolute Gasteiger partial charge is 0.318 e. The third-order valence-corrected chi connectivity index (χ3v) is 4.21. The first kappa shape index (κ1) is 12.5. The van der Waals surface area contributed by atoms with E-state index in [4.69, 9.17) is 0 Å². The average Bonchev–Trinajstić information content (AvgIpc) is 3.20. The molecule has 0 bridgehead atoms. The van der Waals surface area contributed by atoms with Gasteiger partial charge in [-0.3, -0.25) is 0 Å². The van der Waals surface area contributed by atoms with Gasteiger partial charge < -0.3 is 10.2 Å². The van der Waals surface area contributed by atoms with E-state index < -0.39 is 0 Å². The van der Waals surface area contributed by atoms with Crippen LogP contribution in [-0.4, -0.2) is 23.5 Å². The number of hydrogen-bond donors (Lipinski definition) is 1. The van der Waals surface area contributed by atoms with Gasteiger partial charge in [0.05, 0.1) is 6.04 Å². The molecule has 1 heterocycles. The Balaban J connectivity index is 1.83. The molecule has 1 aliphatic heterocycles. The average molecular weight is 258 g/mol. The van der Waals surface area contributed by atoms with E-state index in [-0.39, 0.29) is 12.1 Å². The van der Waals surface area contributed by atoms with Crippen LogP contribution in [0.1, 0.15) is 48.9 Å². The van der Waals surface area contributed by atoms with Crippen molar-refractivity contribution in [2.45, 2.75) is 51.6 Å². The van der Waals surface area contributed by atoms with Crippen molar-refractivity contribution in [2.75, 3.05) is 6.54 Å². The number of carbonyl (C=O) groups excluding carboxylic acids is 1. The first-order valence-electron chi connectivity index (χ1n) is 7.35. The summed E-state index contributed by atoms with van der Waals surface area (Å²) >= 11 is 0. The van der Waals surface area contributed by atoms with Crippen molar-refractivity contribution in [1.82, 2.24) is 10.2 Å². The van der Waals surface area contributed by atoms with Crippen LogP contribution < -0.4 is 5.32 Å². The molecule has 1 N–H and O–H groups in total. The summed E-state index contributed by atoms with van der Waals surface area (Å²) in [5.74, 6) is 0. The number of carbonyl (C=O) groups is 1. The summed E-state index contributed by atoms with van der Waals surface area (Å²) in [6.07, 6.45) is 4.25.